The molecule has 1 aromatic heterocycles. The van der Waals surface area contributed by atoms with Crippen LogP contribution in [-0.4, -0.2) is 19.0 Å². The summed E-state index contributed by atoms with van der Waals surface area (Å²) in [7, 11) is 1.53. The molecule has 0 amide bonds. The molecule has 1 unspecified atom stereocenters. The zero-order valence-corrected chi connectivity index (χ0v) is 13.8. The van der Waals surface area contributed by atoms with Crippen LogP contribution in [0.5, 0.6) is 5.75 Å². The van der Waals surface area contributed by atoms with E-state index >= 15 is 0 Å². The van der Waals surface area contributed by atoms with Gasteiger partial charge in [-0.3, -0.25) is 5.73 Å². The second-order valence-electron chi connectivity index (χ2n) is 4.17. The van der Waals surface area contributed by atoms with Crippen LogP contribution in [-0.2, 0) is 4.84 Å². The van der Waals surface area contributed by atoms with Crippen molar-refractivity contribution in [3.8, 4) is 5.75 Å². The first-order valence-corrected chi connectivity index (χ1v) is 7.73. The Morgan fingerprint density at radius 2 is 2.05 bits per heavy atom. The highest BCUT2D eigenvalue weighted by molar-refractivity contribution is 7.12. The van der Waals surface area contributed by atoms with Gasteiger partial charge < -0.3 is 9.57 Å². The van der Waals surface area contributed by atoms with Crippen molar-refractivity contribution < 1.29 is 9.57 Å². The molecule has 0 aliphatic heterocycles. The summed E-state index contributed by atoms with van der Waals surface area (Å²) >= 11 is 14.0. The average Bonchev–Trinajstić information content (AvgIpc) is 2.97. The minimum absolute atomic E-state index is 0.335. The van der Waals surface area contributed by atoms with Crippen LogP contribution in [0.25, 0.3) is 0 Å². The molecule has 4 nitrogen and oxygen atoms in total. The molecule has 2 rings (SSSR count). The molecular weight excluding hydrogens is 331 g/mol. The van der Waals surface area contributed by atoms with Gasteiger partial charge in [0.25, 0.3) is 0 Å². The Kier molecular flexibility index (Phi) is 5.47. The molecule has 0 aliphatic carbocycles. The number of oxime groups is 1. The molecule has 112 valence electrons. The summed E-state index contributed by atoms with van der Waals surface area (Å²) in [6, 6.07) is 7.36. The van der Waals surface area contributed by atoms with E-state index in [2.05, 4.69) is 5.16 Å². The van der Waals surface area contributed by atoms with Gasteiger partial charge in [0.05, 0.1) is 17.0 Å². The number of hydrogen-bond donors (Lipinski definition) is 1. The van der Waals surface area contributed by atoms with Crippen molar-refractivity contribution in [2.24, 2.45) is 10.9 Å². The molecular formula is C14H14Cl2N2O2S. The summed E-state index contributed by atoms with van der Waals surface area (Å²) in [5, 5.41) is 6.74. The van der Waals surface area contributed by atoms with Crippen molar-refractivity contribution in [2.75, 3.05) is 7.11 Å². The lowest BCUT2D eigenvalue weighted by Gasteiger charge is -2.12. The van der Waals surface area contributed by atoms with Gasteiger partial charge in [-0.25, -0.2) is 0 Å². The average molecular weight is 345 g/mol. The summed E-state index contributed by atoms with van der Waals surface area (Å²) in [5.74, 6) is 0.504. The van der Waals surface area contributed by atoms with Gasteiger partial charge in [-0.15, -0.1) is 11.3 Å². The number of nitrogens with two attached hydrogens (primary N) is 1. The Morgan fingerprint density at radius 1 is 1.29 bits per heavy atom. The number of methoxy groups -OCH3 is 1. The summed E-state index contributed by atoms with van der Waals surface area (Å²) in [5.41, 5.74) is 6.82. The quantitative estimate of drug-likeness (QED) is 0.503. The molecule has 2 aromatic rings. The fourth-order valence-corrected chi connectivity index (χ4v) is 2.86. The summed E-state index contributed by atoms with van der Waals surface area (Å²) < 4.78 is 5.14. The van der Waals surface area contributed by atoms with Gasteiger partial charge in [0, 0.05) is 5.56 Å². The molecule has 0 radical (unpaired) electrons. The van der Waals surface area contributed by atoms with Crippen molar-refractivity contribution in [3.63, 3.8) is 0 Å². The van der Waals surface area contributed by atoms with Crippen molar-refractivity contribution in [1.82, 2.24) is 0 Å². The van der Waals surface area contributed by atoms with E-state index in [1.54, 1.807) is 19.1 Å². The second-order valence-corrected chi connectivity index (χ2v) is 5.87. The number of hydrogen-bond acceptors (Lipinski definition) is 5. The zero-order chi connectivity index (χ0) is 15.4. The second kappa shape index (κ2) is 7.13. The van der Waals surface area contributed by atoms with E-state index < -0.39 is 6.23 Å². The Labute approximate surface area is 137 Å². The normalized spacial score (nSPS) is 13.1. The lowest BCUT2D eigenvalue weighted by molar-refractivity contribution is 0.0777. The van der Waals surface area contributed by atoms with Crippen LogP contribution in [0.2, 0.25) is 10.0 Å². The third-order valence-electron chi connectivity index (χ3n) is 2.59. The van der Waals surface area contributed by atoms with Crippen molar-refractivity contribution >= 4 is 40.3 Å². The highest BCUT2D eigenvalue weighted by Crippen LogP contribution is 2.36. The molecule has 0 fully saturated rings. The standard InChI is InChI=1S/C14H14Cl2N2O2S/c1-8(17)20-18-14(11-4-3-7-21-11)9-5-6-10(19-2)13(16)12(9)15/h3-8H,17H2,1-2H3. The van der Waals surface area contributed by atoms with Crippen LogP contribution >= 0.6 is 34.5 Å². The van der Waals surface area contributed by atoms with Crippen LogP contribution in [0.15, 0.2) is 34.8 Å². The van der Waals surface area contributed by atoms with Crippen molar-refractivity contribution in [2.45, 2.75) is 13.2 Å². The molecule has 7 heteroatoms. The van der Waals surface area contributed by atoms with Gasteiger partial charge in [0.15, 0.2) is 6.23 Å². The molecule has 1 aromatic carbocycles. The maximum absolute atomic E-state index is 6.33. The van der Waals surface area contributed by atoms with Crippen LogP contribution < -0.4 is 10.5 Å². The Hall–Kier alpha value is -1.27. The fourth-order valence-electron chi connectivity index (χ4n) is 1.65. The molecule has 0 spiro atoms. The van der Waals surface area contributed by atoms with Gasteiger partial charge in [-0.2, -0.15) is 0 Å². The number of rotatable bonds is 5. The molecule has 1 heterocycles. The molecule has 0 saturated carbocycles. The van der Waals surface area contributed by atoms with Crippen LogP contribution in [0.1, 0.15) is 17.4 Å². The van der Waals surface area contributed by atoms with Gasteiger partial charge in [0.1, 0.15) is 16.5 Å². The van der Waals surface area contributed by atoms with Gasteiger partial charge in [0.2, 0.25) is 0 Å². The predicted molar refractivity (Wildman–Crippen MR) is 87.7 cm³/mol. The monoisotopic (exact) mass is 344 g/mol. The molecule has 21 heavy (non-hydrogen) atoms. The Balaban J connectivity index is 2.52. The highest BCUT2D eigenvalue weighted by Gasteiger charge is 2.18. The molecule has 2 N–H and O–H groups in total. The van der Waals surface area contributed by atoms with E-state index in [0.29, 0.717) is 27.1 Å². The number of halogens is 2. The maximum Gasteiger partial charge on any atom is 0.173 e. The summed E-state index contributed by atoms with van der Waals surface area (Å²) in [6.07, 6.45) is -0.521. The number of nitrogens with zero attached hydrogens (tertiary/aromatic N) is 1. The first-order chi connectivity index (χ1) is 10.0. The summed E-state index contributed by atoms with van der Waals surface area (Å²) in [4.78, 5) is 6.07. The Morgan fingerprint density at radius 3 is 2.62 bits per heavy atom. The molecule has 0 saturated heterocycles. The zero-order valence-electron chi connectivity index (χ0n) is 11.5. The fraction of sp³-hybridized carbons (Fsp3) is 0.214. The van der Waals surface area contributed by atoms with Crippen LogP contribution in [0.4, 0.5) is 0 Å². The largest absolute Gasteiger partial charge is 0.495 e. The van der Waals surface area contributed by atoms with Crippen molar-refractivity contribution in [1.29, 1.82) is 0 Å². The highest BCUT2D eigenvalue weighted by atomic mass is 35.5. The van der Waals surface area contributed by atoms with E-state index in [4.69, 9.17) is 38.5 Å². The van der Waals surface area contributed by atoms with E-state index in [9.17, 15) is 0 Å². The smallest absolute Gasteiger partial charge is 0.173 e. The SMILES string of the molecule is COc1ccc(C(=NOC(C)N)c2cccs2)c(Cl)c1Cl. The molecule has 0 bridgehead atoms. The number of benzene rings is 1. The van der Waals surface area contributed by atoms with E-state index in [-0.39, 0.29) is 0 Å². The molecule has 0 aliphatic rings. The van der Waals surface area contributed by atoms with Gasteiger partial charge in [-0.1, -0.05) is 34.4 Å². The van der Waals surface area contributed by atoms with E-state index in [1.165, 1.54) is 18.4 Å². The predicted octanol–water partition coefficient (Wildman–Crippen LogP) is 4.14. The van der Waals surface area contributed by atoms with Gasteiger partial charge in [-0.05, 0) is 30.5 Å². The lowest BCUT2D eigenvalue weighted by atomic mass is 10.1. The topological polar surface area (TPSA) is 56.8 Å². The number of ether oxygens (including phenoxy) is 1. The number of thiophene rings is 1. The third-order valence-corrected chi connectivity index (χ3v) is 4.33. The van der Waals surface area contributed by atoms with Crippen molar-refractivity contribution in [3.05, 3.63) is 50.1 Å². The van der Waals surface area contributed by atoms with E-state index in [0.717, 1.165) is 4.88 Å². The molecule has 1 atom stereocenters. The minimum atomic E-state index is -0.521. The van der Waals surface area contributed by atoms with E-state index in [1.807, 2.05) is 17.5 Å². The van der Waals surface area contributed by atoms with Crippen LogP contribution in [0.3, 0.4) is 0 Å². The first-order valence-electron chi connectivity index (χ1n) is 6.10. The Bertz CT molecular complexity index is 643. The van der Waals surface area contributed by atoms with Gasteiger partial charge >= 0.3 is 0 Å². The first kappa shape index (κ1) is 16.1. The van der Waals surface area contributed by atoms with Crippen LogP contribution in [0, 0.1) is 0 Å². The lowest BCUT2D eigenvalue weighted by Crippen LogP contribution is -2.17. The third kappa shape index (κ3) is 3.68. The maximum atomic E-state index is 6.33. The summed E-state index contributed by atoms with van der Waals surface area (Å²) in [6.45, 7) is 1.69. The minimum Gasteiger partial charge on any atom is -0.495 e.